The van der Waals surface area contributed by atoms with Crippen LogP contribution in [0.15, 0.2) is 109 Å². The molecule has 0 atom stereocenters. The number of hydrogen-bond donors (Lipinski definition) is 0. The van der Waals surface area contributed by atoms with Crippen LogP contribution in [0.3, 0.4) is 0 Å². The first-order valence-electron chi connectivity index (χ1n) is 17.6. The number of benzene rings is 6. The Morgan fingerprint density at radius 3 is 1.61 bits per heavy atom. The molecule has 0 spiro atoms. The van der Waals surface area contributed by atoms with Crippen LogP contribution in [0, 0.1) is 38.1 Å². The van der Waals surface area contributed by atoms with Crippen molar-refractivity contribution < 1.29 is 24.2 Å². The molecule has 6 aromatic carbocycles. The Labute approximate surface area is 362 Å². The predicted molar refractivity (Wildman–Crippen MR) is 239 cm³/mol. The van der Waals surface area contributed by atoms with Gasteiger partial charge in [0.25, 0.3) is 0 Å². The molecule has 0 bridgehead atoms. The van der Waals surface area contributed by atoms with E-state index in [1.807, 2.05) is 72.8 Å². The van der Waals surface area contributed by atoms with Gasteiger partial charge >= 0.3 is 28.4 Å². The van der Waals surface area contributed by atoms with Gasteiger partial charge in [-0.25, -0.2) is 12.2 Å². The predicted octanol–water partition coefficient (Wildman–Crippen LogP) is 15.0. The van der Waals surface area contributed by atoms with E-state index in [-0.39, 0.29) is 35.6 Å². The number of hydrogen-bond acceptors (Lipinski definition) is 0. The van der Waals surface area contributed by atoms with Crippen LogP contribution in [-0.4, -0.2) is 4.21 Å². The fourth-order valence-electron chi connectivity index (χ4n) is 6.55. The molecule has 2 aliphatic rings. The Balaban J connectivity index is 0.000000272. The molecule has 282 valence electrons. The molecular formula is C49H50Cl4Zr-4. The molecule has 6 aromatic rings. The molecule has 0 radical (unpaired) electrons. The molecular weight excluding hydrogens is 822 g/mol. The molecule has 0 aromatic heterocycles. The molecule has 0 amide bonds. The Hall–Kier alpha value is -2.77. The number of aryl methyl sites for hydroxylation is 2. The van der Waals surface area contributed by atoms with Gasteiger partial charge in [-0.05, 0) is 45.5 Å². The van der Waals surface area contributed by atoms with Gasteiger partial charge in [0.2, 0.25) is 0 Å². The number of halogens is 4. The summed E-state index contributed by atoms with van der Waals surface area (Å²) in [6, 6.07) is 40.6. The van der Waals surface area contributed by atoms with Crippen LogP contribution in [0.25, 0.3) is 32.7 Å². The zero-order chi connectivity index (χ0) is 38.1. The standard InChI is InChI=1S/C23H29.2C10H6Cl.C5H5.CH2.2ClH.Zr/c1-14-9-16-11-17-10-15(2)21(23(6,7)8)13-19(17)18(16)12-20(14)22(3,4)5;2*11-10-6-5-8-3-1-2-4-9(8)7-10;1-2-4-5-3-1;;;;/h9,12-13H,11H2,1-8H3;2*1-4,6-7H;1-3H,4H2;1H2;2*1H;/q4*-1;;;;. The van der Waals surface area contributed by atoms with E-state index in [1.165, 1.54) is 68.7 Å². The van der Waals surface area contributed by atoms with Crippen molar-refractivity contribution in [3.8, 4) is 11.1 Å². The number of allylic oxidation sites excluding steroid dienone is 4. The van der Waals surface area contributed by atoms with Gasteiger partial charge < -0.3 is 0 Å². The van der Waals surface area contributed by atoms with Crippen LogP contribution in [-0.2, 0) is 41.5 Å². The van der Waals surface area contributed by atoms with Gasteiger partial charge in [-0.15, -0.1) is 153 Å². The molecule has 0 heterocycles. The van der Waals surface area contributed by atoms with Crippen molar-refractivity contribution in [2.45, 2.75) is 79.1 Å². The van der Waals surface area contributed by atoms with Crippen molar-refractivity contribution in [1.29, 1.82) is 0 Å². The first-order valence-corrected chi connectivity index (χ1v) is 20.1. The average molecular weight is 872 g/mol. The summed E-state index contributed by atoms with van der Waals surface area (Å²) < 4.78 is 3.34. The second-order valence-corrected chi connectivity index (χ2v) is 15.9. The normalized spacial score (nSPS) is 11.8. The fraction of sp³-hybridized carbons (Fsp3) is 0.245. The molecule has 0 aliphatic heterocycles. The molecule has 0 unspecified atom stereocenters. The summed E-state index contributed by atoms with van der Waals surface area (Å²) in [6.07, 6.45) is 11.0. The van der Waals surface area contributed by atoms with Crippen LogP contribution in [0.5, 0.6) is 0 Å². The van der Waals surface area contributed by atoms with Crippen molar-refractivity contribution in [2.75, 3.05) is 0 Å². The Bertz CT molecular complexity index is 2040. The Morgan fingerprint density at radius 1 is 0.667 bits per heavy atom. The molecule has 0 nitrogen and oxygen atoms in total. The van der Waals surface area contributed by atoms with E-state index in [0.29, 0.717) is 0 Å². The first kappa shape index (κ1) is 47.4. The van der Waals surface area contributed by atoms with E-state index >= 15 is 0 Å². The fourth-order valence-corrected chi connectivity index (χ4v) is 6.89. The zero-order valence-corrected chi connectivity index (χ0v) is 38.2. The molecule has 0 saturated carbocycles. The Morgan fingerprint density at radius 2 is 1.17 bits per heavy atom. The minimum absolute atomic E-state index is 0. The summed E-state index contributed by atoms with van der Waals surface area (Å²) in [6.45, 7) is 18.2. The van der Waals surface area contributed by atoms with Crippen LogP contribution >= 0.6 is 48.0 Å². The van der Waals surface area contributed by atoms with Crippen molar-refractivity contribution in [1.82, 2.24) is 0 Å². The third kappa shape index (κ3) is 12.9. The number of fused-ring (bicyclic) bond motifs is 5. The second kappa shape index (κ2) is 21.5. The average Bonchev–Trinajstić information content (AvgIpc) is 3.80. The van der Waals surface area contributed by atoms with E-state index in [1.54, 1.807) is 12.1 Å². The summed E-state index contributed by atoms with van der Waals surface area (Å²) in [7, 11) is 0. The van der Waals surface area contributed by atoms with Crippen molar-refractivity contribution >= 4 is 73.8 Å². The van der Waals surface area contributed by atoms with Crippen molar-refractivity contribution in [3.63, 3.8) is 0 Å². The summed E-state index contributed by atoms with van der Waals surface area (Å²) in [5.41, 5.74) is 11.6. The zero-order valence-electron chi connectivity index (χ0n) is 32.6. The SMILES string of the molecule is Cc1[c-]c2c(cc1C(C)(C)C)-c1cc(C(C)(C)C)c(C)cc1C2.Cl.Cl.Clc1c[c-]c2ccccc2c1.Clc1c[c-]c2ccccc2c1.[C-]1=CC=CC1.[CH2]=[Zr]. The summed E-state index contributed by atoms with van der Waals surface area (Å²) >= 11 is 12.9. The first-order chi connectivity index (χ1) is 24.7. The van der Waals surface area contributed by atoms with E-state index in [9.17, 15) is 0 Å². The van der Waals surface area contributed by atoms with Crippen LogP contribution in [0.2, 0.25) is 10.0 Å². The van der Waals surface area contributed by atoms with Crippen molar-refractivity contribution in [2.24, 2.45) is 0 Å². The van der Waals surface area contributed by atoms with Gasteiger partial charge in [0.05, 0.1) is 0 Å². The minimum atomic E-state index is 0. The molecule has 54 heavy (non-hydrogen) atoms. The van der Waals surface area contributed by atoms with Crippen LogP contribution in [0.4, 0.5) is 0 Å². The van der Waals surface area contributed by atoms with Gasteiger partial charge in [0.1, 0.15) is 0 Å². The maximum atomic E-state index is 5.79. The van der Waals surface area contributed by atoms with Crippen molar-refractivity contribution in [3.05, 3.63) is 177 Å². The molecule has 5 heteroatoms. The third-order valence-corrected chi connectivity index (χ3v) is 9.34. The number of rotatable bonds is 0. The maximum absolute atomic E-state index is 5.79. The van der Waals surface area contributed by atoms with Crippen LogP contribution < -0.4 is 0 Å². The van der Waals surface area contributed by atoms with Crippen LogP contribution in [0.1, 0.15) is 81.3 Å². The molecule has 0 fully saturated rings. The quantitative estimate of drug-likeness (QED) is 0.133. The summed E-state index contributed by atoms with van der Waals surface area (Å²) in [4.78, 5) is 0. The molecule has 8 rings (SSSR count). The Kier molecular flexibility index (Phi) is 18.9. The summed E-state index contributed by atoms with van der Waals surface area (Å²) in [5, 5.41) is 5.97. The van der Waals surface area contributed by atoms with E-state index in [0.717, 1.165) is 44.4 Å². The van der Waals surface area contributed by atoms with Gasteiger partial charge in [0, 0.05) is 0 Å². The summed E-state index contributed by atoms with van der Waals surface area (Å²) in [5.74, 6) is 0. The molecule has 2 aliphatic carbocycles. The van der Waals surface area contributed by atoms with Gasteiger partial charge in [0.15, 0.2) is 0 Å². The van der Waals surface area contributed by atoms with Gasteiger partial charge in [-0.2, -0.15) is 23.8 Å². The van der Waals surface area contributed by atoms with E-state index in [2.05, 4.69) is 108 Å². The van der Waals surface area contributed by atoms with Gasteiger partial charge in [-0.1, -0.05) is 95.8 Å². The molecule has 0 N–H and O–H groups in total. The van der Waals surface area contributed by atoms with E-state index in [4.69, 9.17) is 23.2 Å². The monoisotopic (exact) mass is 868 g/mol. The van der Waals surface area contributed by atoms with Gasteiger partial charge in [-0.3, -0.25) is 6.08 Å². The molecule has 0 saturated heterocycles. The topological polar surface area (TPSA) is 0 Å². The van der Waals surface area contributed by atoms with E-state index < -0.39 is 0 Å². The second-order valence-electron chi connectivity index (χ2n) is 15.0. The third-order valence-electron chi connectivity index (χ3n) is 8.91.